The highest BCUT2D eigenvalue weighted by Gasteiger charge is 2.56. The molecule has 1 atom stereocenters. The van der Waals surface area contributed by atoms with Crippen molar-refractivity contribution in [2.45, 2.75) is 38.7 Å². The van der Waals surface area contributed by atoms with E-state index in [1.165, 1.54) is 6.07 Å². The van der Waals surface area contributed by atoms with E-state index in [2.05, 4.69) is 10.2 Å². The molecular formula is C18H21ClFN3O2. The van der Waals surface area contributed by atoms with Gasteiger partial charge >= 0.3 is 0 Å². The van der Waals surface area contributed by atoms with Crippen LogP contribution in [0.2, 0.25) is 5.02 Å². The molecule has 4 rings (SSSR count). The Hall–Kier alpha value is -1.66. The van der Waals surface area contributed by atoms with E-state index >= 15 is 0 Å². The lowest BCUT2D eigenvalue weighted by molar-refractivity contribution is -0.130. The van der Waals surface area contributed by atoms with E-state index in [1.807, 2.05) is 4.90 Å². The van der Waals surface area contributed by atoms with Crippen LogP contribution in [0.15, 0.2) is 12.3 Å². The topological polar surface area (TPSA) is 69.2 Å². The standard InChI is InChI=1S/C18H21ClFN3O2/c1-10(24)23-6-2-12(3-7-23)18(4-5-18)17(25)14-15(20)13(19)8-11-9-21-22-16(11)14/h8-9,12,17,25H,2-7H2,1H3,(H,21,22). The predicted octanol–water partition coefficient (Wildman–Crippen LogP) is 3.43. The fourth-order valence-corrected chi connectivity index (χ4v) is 4.64. The molecular weight excluding hydrogens is 345 g/mol. The molecule has 2 N–H and O–H groups in total. The second-order valence-electron chi connectivity index (χ2n) is 7.34. The average molecular weight is 366 g/mol. The van der Waals surface area contributed by atoms with Gasteiger partial charge in [0.15, 0.2) is 0 Å². The van der Waals surface area contributed by atoms with Crippen molar-refractivity contribution in [1.29, 1.82) is 0 Å². The van der Waals surface area contributed by atoms with Crippen molar-refractivity contribution in [1.82, 2.24) is 15.1 Å². The summed E-state index contributed by atoms with van der Waals surface area (Å²) in [6, 6.07) is 1.52. The zero-order chi connectivity index (χ0) is 17.8. The number of halogens is 2. The Kier molecular flexibility index (Phi) is 4.00. The molecule has 2 aliphatic rings. The summed E-state index contributed by atoms with van der Waals surface area (Å²) < 4.78 is 14.8. The molecule has 2 fully saturated rings. The quantitative estimate of drug-likeness (QED) is 0.875. The summed E-state index contributed by atoms with van der Waals surface area (Å²) in [6.45, 7) is 2.98. The first-order valence-electron chi connectivity index (χ1n) is 8.68. The molecule has 1 amide bonds. The molecule has 2 aromatic rings. The number of H-pyrrole nitrogens is 1. The predicted molar refractivity (Wildman–Crippen MR) is 92.7 cm³/mol. The lowest BCUT2D eigenvalue weighted by Gasteiger charge is -2.38. The summed E-state index contributed by atoms with van der Waals surface area (Å²) >= 11 is 6.03. The third-order valence-corrected chi connectivity index (χ3v) is 6.34. The van der Waals surface area contributed by atoms with Crippen LogP contribution in [0.3, 0.4) is 0 Å². The van der Waals surface area contributed by atoms with E-state index in [0.717, 1.165) is 25.7 Å². The Morgan fingerprint density at radius 1 is 1.48 bits per heavy atom. The lowest BCUT2D eigenvalue weighted by atomic mass is 9.75. The number of aromatic amines is 1. The molecule has 1 aromatic heterocycles. The number of piperidine rings is 1. The first-order chi connectivity index (χ1) is 11.9. The lowest BCUT2D eigenvalue weighted by Crippen LogP contribution is -2.40. The minimum Gasteiger partial charge on any atom is -0.388 e. The zero-order valence-electron chi connectivity index (χ0n) is 14.1. The summed E-state index contributed by atoms with van der Waals surface area (Å²) in [6.07, 6.45) is 4.06. The number of likely N-dealkylation sites (tertiary alicyclic amines) is 1. The highest BCUT2D eigenvalue weighted by atomic mass is 35.5. The Balaban J connectivity index is 1.65. The van der Waals surface area contributed by atoms with Gasteiger partial charge in [-0.1, -0.05) is 11.6 Å². The van der Waals surface area contributed by atoms with Crippen molar-refractivity contribution in [3.63, 3.8) is 0 Å². The minimum absolute atomic E-state index is 0.00477. The first kappa shape index (κ1) is 16.8. The number of aliphatic hydroxyl groups excluding tert-OH is 1. The molecule has 7 heteroatoms. The monoisotopic (exact) mass is 365 g/mol. The van der Waals surface area contributed by atoms with Crippen molar-refractivity contribution in [3.8, 4) is 0 Å². The number of carbonyl (C=O) groups is 1. The van der Waals surface area contributed by atoms with E-state index in [9.17, 15) is 14.3 Å². The van der Waals surface area contributed by atoms with Crippen LogP contribution in [0.5, 0.6) is 0 Å². The molecule has 0 spiro atoms. The fourth-order valence-electron chi connectivity index (χ4n) is 4.42. The maximum absolute atomic E-state index is 14.8. The molecule has 2 heterocycles. The van der Waals surface area contributed by atoms with Gasteiger partial charge in [-0.15, -0.1) is 0 Å². The van der Waals surface area contributed by atoms with Crippen LogP contribution in [0.1, 0.15) is 44.3 Å². The fraction of sp³-hybridized carbons (Fsp3) is 0.556. The minimum atomic E-state index is -0.928. The third-order valence-electron chi connectivity index (χ3n) is 6.07. The normalized spacial score (nSPS) is 21.5. The second-order valence-corrected chi connectivity index (χ2v) is 7.74. The highest BCUT2D eigenvalue weighted by Crippen LogP contribution is 2.63. The van der Waals surface area contributed by atoms with Gasteiger partial charge in [0, 0.05) is 36.4 Å². The Labute approximate surface area is 150 Å². The van der Waals surface area contributed by atoms with Gasteiger partial charge < -0.3 is 10.0 Å². The molecule has 0 radical (unpaired) electrons. The molecule has 1 saturated carbocycles. The third kappa shape index (κ3) is 2.62. The van der Waals surface area contributed by atoms with Crippen LogP contribution < -0.4 is 0 Å². The summed E-state index contributed by atoms with van der Waals surface area (Å²) in [4.78, 5) is 13.4. The number of rotatable bonds is 3. The van der Waals surface area contributed by atoms with Gasteiger partial charge in [0.2, 0.25) is 5.91 Å². The molecule has 1 aromatic carbocycles. The molecule has 25 heavy (non-hydrogen) atoms. The molecule has 1 aliphatic heterocycles. The highest BCUT2D eigenvalue weighted by molar-refractivity contribution is 6.31. The molecule has 1 aliphatic carbocycles. The molecule has 0 bridgehead atoms. The number of aromatic nitrogens is 2. The SMILES string of the molecule is CC(=O)N1CCC(C2(C(O)c3c(F)c(Cl)cc4cn[nH]c34)CC2)CC1. The van der Waals surface area contributed by atoms with E-state index in [-0.39, 0.29) is 27.8 Å². The summed E-state index contributed by atoms with van der Waals surface area (Å²) in [7, 11) is 0. The van der Waals surface area contributed by atoms with E-state index < -0.39 is 11.9 Å². The number of carbonyl (C=O) groups excluding carboxylic acids is 1. The van der Waals surface area contributed by atoms with Crippen molar-refractivity contribution in [3.05, 3.63) is 28.7 Å². The molecule has 1 unspecified atom stereocenters. The van der Waals surface area contributed by atoms with Crippen molar-refractivity contribution >= 4 is 28.4 Å². The number of benzene rings is 1. The smallest absolute Gasteiger partial charge is 0.219 e. The van der Waals surface area contributed by atoms with Crippen molar-refractivity contribution in [2.75, 3.05) is 13.1 Å². The Morgan fingerprint density at radius 3 is 2.76 bits per heavy atom. The number of amides is 1. The number of fused-ring (bicyclic) bond motifs is 1. The van der Waals surface area contributed by atoms with Gasteiger partial charge in [0.1, 0.15) is 5.82 Å². The molecule has 134 valence electrons. The van der Waals surface area contributed by atoms with Gasteiger partial charge in [-0.2, -0.15) is 5.10 Å². The number of nitrogens with zero attached hydrogens (tertiary/aromatic N) is 2. The molecule has 1 saturated heterocycles. The van der Waals surface area contributed by atoms with Gasteiger partial charge in [0.25, 0.3) is 0 Å². The summed E-state index contributed by atoms with van der Waals surface area (Å²) in [5.74, 6) is -0.211. The Morgan fingerprint density at radius 2 is 2.16 bits per heavy atom. The van der Waals surface area contributed by atoms with Crippen molar-refractivity contribution < 1.29 is 14.3 Å². The van der Waals surface area contributed by atoms with Gasteiger partial charge in [-0.05, 0) is 37.7 Å². The van der Waals surface area contributed by atoms with Crippen LogP contribution >= 0.6 is 11.6 Å². The number of nitrogens with one attached hydrogen (secondary N) is 1. The van der Waals surface area contributed by atoms with E-state index in [1.54, 1.807) is 13.1 Å². The van der Waals surface area contributed by atoms with Gasteiger partial charge in [0.05, 0.1) is 22.8 Å². The zero-order valence-corrected chi connectivity index (χ0v) is 14.8. The maximum atomic E-state index is 14.8. The van der Waals surface area contributed by atoms with Crippen molar-refractivity contribution in [2.24, 2.45) is 11.3 Å². The summed E-state index contributed by atoms with van der Waals surface area (Å²) in [5, 5.41) is 18.6. The average Bonchev–Trinajstić information content (AvgIpc) is 3.29. The second kappa shape index (κ2) is 5.95. The van der Waals surface area contributed by atoms with Crippen LogP contribution in [0, 0.1) is 17.2 Å². The van der Waals surface area contributed by atoms with E-state index in [4.69, 9.17) is 11.6 Å². The number of hydrogen-bond donors (Lipinski definition) is 2. The maximum Gasteiger partial charge on any atom is 0.219 e. The number of hydrogen-bond acceptors (Lipinski definition) is 3. The van der Waals surface area contributed by atoms with Crippen LogP contribution in [-0.2, 0) is 4.79 Å². The van der Waals surface area contributed by atoms with Gasteiger partial charge in [-0.3, -0.25) is 9.89 Å². The van der Waals surface area contributed by atoms with Crippen LogP contribution in [0.25, 0.3) is 10.9 Å². The molecule has 5 nitrogen and oxygen atoms in total. The van der Waals surface area contributed by atoms with E-state index in [0.29, 0.717) is 24.0 Å². The summed E-state index contributed by atoms with van der Waals surface area (Å²) in [5.41, 5.74) is 0.417. The van der Waals surface area contributed by atoms with Gasteiger partial charge in [-0.25, -0.2) is 4.39 Å². The van der Waals surface area contributed by atoms with Crippen LogP contribution in [-0.4, -0.2) is 39.2 Å². The number of aliphatic hydroxyl groups is 1. The Bertz CT molecular complexity index is 825. The largest absolute Gasteiger partial charge is 0.388 e. The first-order valence-corrected chi connectivity index (χ1v) is 9.06. The van der Waals surface area contributed by atoms with Crippen LogP contribution in [0.4, 0.5) is 4.39 Å².